The van der Waals surface area contributed by atoms with Crippen LogP contribution in [-0.2, 0) is 28.7 Å². The molecule has 0 aliphatic heterocycles. The van der Waals surface area contributed by atoms with Crippen LogP contribution in [0.3, 0.4) is 0 Å². The second-order valence-corrected chi connectivity index (χ2v) is 11.7. The number of carbonyl (C=O) groups excluding carboxylic acids is 2. The van der Waals surface area contributed by atoms with Gasteiger partial charge in [0.15, 0.2) is 0 Å². The number of rotatable bonds is 12. The number of carboxylic acids is 2. The summed E-state index contributed by atoms with van der Waals surface area (Å²) in [7, 11) is 0. The molecular formula is C28H46O8. The predicted octanol–water partition coefficient (Wildman–Crippen LogP) is 5.32. The SMILES string of the molecule is CCC(COC(=O)C1CCCCC1C(=O)O)CC(CC)COC(=O)C1CCC(C)(C)CCC1C(=O)O. The van der Waals surface area contributed by atoms with Crippen molar-refractivity contribution in [2.75, 3.05) is 13.2 Å². The molecule has 0 spiro atoms. The molecule has 0 amide bonds. The summed E-state index contributed by atoms with van der Waals surface area (Å²) in [6, 6.07) is 0. The number of ether oxygens (including phenoxy) is 2. The number of esters is 2. The van der Waals surface area contributed by atoms with Crippen LogP contribution in [0.4, 0.5) is 0 Å². The summed E-state index contributed by atoms with van der Waals surface area (Å²) < 4.78 is 11.2. The maximum atomic E-state index is 12.9. The van der Waals surface area contributed by atoms with Gasteiger partial charge in [0.2, 0.25) is 0 Å². The first-order chi connectivity index (χ1) is 17.0. The van der Waals surface area contributed by atoms with E-state index >= 15 is 0 Å². The molecule has 206 valence electrons. The molecule has 2 aliphatic rings. The van der Waals surface area contributed by atoms with Gasteiger partial charge in [-0.2, -0.15) is 0 Å². The van der Waals surface area contributed by atoms with Gasteiger partial charge in [0.05, 0.1) is 36.9 Å². The number of carbonyl (C=O) groups is 4. The van der Waals surface area contributed by atoms with Gasteiger partial charge in [0.1, 0.15) is 0 Å². The van der Waals surface area contributed by atoms with Crippen LogP contribution < -0.4 is 0 Å². The Morgan fingerprint density at radius 3 is 1.56 bits per heavy atom. The van der Waals surface area contributed by atoms with Gasteiger partial charge in [-0.3, -0.25) is 19.2 Å². The van der Waals surface area contributed by atoms with Gasteiger partial charge in [-0.05, 0) is 62.2 Å². The van der Waals surface area contributed by atoms with Crippen molar-refractivity contribution in [1.29, 1.82) is 0 Å². The lowest BCUT2D eigenvalue weighted by Crippen LogP contribution is -2.34. The first kappa shape index (κ1) is 30.1. The highest BCUT2D eigenvalue weighted by Gasteiger charge is 2.40. The molecule has 0 bridgehead atoms. The van der Waals surface area contributed by atoms with Crippen molar-refractivity contribution in [3.8, 4) is 0 Å². The van der Waals surface area contributed by atoms with Crippen molar-refractivity contribution in [3.05, 3.63) is 0 Å². The molecular weight excluding hydrogens is 464 g/mol. The van der Waals surface area contributed by atoms with Gasteiger partial charge in [-0.15, -0.1) is 0 Å². The molecule has 0 aromatic rings. The fraction of sp³-hybridized carbons (Fsp3) is 0.857. The number of hydrogen-bond acceptors (Lipinski definition) is 6. The van der Waals surface area contributed by atoms with Gasteiger partial charge in [-0.1, -0.05) is 53.4 Å². The van der Waals surface area contributed by atoms with Crippen molar-refractivity contribution in [2.24, 2.45) is 40.9 Å². The zero-order valence-electron chi connectivity index (χ0n) is 22.5. The Balaban J connectivity index is 1.88. The largest absolute Gasteiger partial charge is 0.481 e. The van der Waals surface area contributed by atoms with Crippen molar-refractivity contribution in [1.82, 2.24) is 0 Å². The van der Waals surface area contributed by atoms with Gasteiger partial charge < -0.3 is 19.7 Å². The zero-order valence-corrected chi connectivity index (χ0v) is 22.5. The quantitative estimate of drug-likeness (QED) is 0.267. The third-order valence-corrected chi connectivity index (χ3v) is 8.50. The summed E-state index contributed by atoms with van der Waals surface area (Å²) in [5, 5.41) is 19.1. The Morgan fingerprint density at radius 1 is 0.722 bits per heavy atom. The Labute approximate surface area is 215 Å². The van der Waals surface area contributed by atoms with Crippen LogP contribution in [0.15, 0.2) is 0 Å². The molecule has 2 fully saturated rings. The number of hydrogen-bond donors (Lipinski definition) is 2. The van der Waals surface area contributed by atoms with E-state index in [0.717, 1.165) is 38.5 Å². The topological polar surface area (TPSA) is 127 Å². The van der Waals surface area contributed by atoms with E-state index in [1.165, 1.54) is 0 Å². The second-order valence-electron chi connectivity index (χ2n) is 11.7. The van der Waals surface area contributed by atoms with E-state index in [0.29, 0.717) is 32.1 Å². The van der Waals surface area contributed by atoms with E-state index < -0.39 is 47.5 Å². The molecule has 36 heavy (non-hydrogen) atoms. The molecule has 2 rings (SSSR count). The Kier molecular flexibility index (Phi) is 11.7. The van der Waals surface area contributed by atoms with Crippen LogP contribution in [0.25, 0.3) is 0 Å². The first-order valence-electron chi connectivity index (χ1n) is 13.8. The molecule has 8 heteroatoms. The summed E-state index contributed by atoms with van der Waals surface area (Å²) in [4.78, 5) is 48.9. The molecule has 8 nitrogen and oxygen atoms in total. The average molecular weight is 511 g/mol. The molecule has 2 saturated carbocycles. The molecule has 0 aromatic carbocycles. The molecule has 0 aromatic heterocycles. The molecule has 2 N–H and O–H groups in total. The summed E-state index contributed by atoms with van der Waals surface area (Å²) in [6.07, 6.45) is 7.56. The Morgan fingerprint density at radius 2 is 1.11 bits per heavy atom. The van der Waals surface area contributed by atoms with Crippen LogP contribution in [0.1, 0.15) is 98.3 Å². The van der Waals surface area contributed by atoms with Crippen molar-refractivity contribution >= 4 is 23.9 Å². The molecule has 2 aliphatic carbocycles. The van der Waals surface area contributed by atoms with Crippen LogP contribution in [-0.4, -0.2) is 47.3 Å². The van der Waals surface area contributed by atoms with E-state index in [9.17, 15) is 29.4 Å². The van der Waals surface area contributed by atoms with E-state index in [1.54, 1.807) is 0 Å². The summed E-state index contributed by atoms with van der Waals surface area (Å²) in [5.41, 5.74) is 0.0164. The van der Waals surface area contributed by atoms with Gasteiger partial charge in [0, 0.05) is 0 Å². The maximum Gasteiger partial charge on any atom is 0.309 e. The summed E-state index contributed by atoms with van der Waals surface area (Å²) in [5.74, 6) is -5.14. The fourth-order valence-electron chi connectivity index (χ4n) is 5.70. The van der Waals surface area contributed by atoms with Crippen molar-refractivity contribution < 1.29 is 38.9 Å². The highest BCUT2D eigenvalue weighted by atomic mass is 16.5. The first-order valence-corrected chi connectivity index (χ1v) is 13.8. The normalized spacial score (nSPS) is 27.8. The molecule has 6 unspecified atom stereocenters. The Hall–Kier alpha value is -2.12. The zero-order chi connectivity index (χ0) is 26.9. The standard InChI is InChI=1S/C28H46O8/c1-5-18(16-35-26(33)22-10-8-7-9-20(22)24(29)30)15-19(6-2)17-36-27(34)23-12-14-28(3,4)13-11-21(23)25(31)32/h18-23H,5-17H2,1-4H3,(H,29,30)(H,31,32). The van der Waals surface area contributed by atoms with Crippen LogP contribution in [0.2, 0.25) is 0 Å². The van der Waals surface area contributed by atoms with Gasteiger partial charge in [0.25, 0.3) is 0 Å². The minimum absolute atomic E-state index is 0.0164. The van der Waals surface area contributed by atoms with Crippen LogP contribution in [0.5, 0.6) is 0 Å². The predicted molar refractivity (Wildman–Crippen MR) is 134 cm³/mol. The monoisotopic (exact) mass is 510 g/mol. The van der Waals surface area contributed by atoms with Crippen LogP contribution >= 0.6 is 0 Å². The highest BCUT2D eigenvalue weighted by molar-refractivity contribution is 5.82. The van der Waals surface area contributed by atoms with Crippen molar-refractivity contribution in [3.63, 3.8) is 0 Å². The Bertz CT molecular complexity index is 761. The lowest BCUT2D eigenvalue weighted by Gasteiger charge is -2.28. The summed E-state index contributed by atoms with van der Waals surface area (Å²) >= 11 is 0. The third-order valence-electron chi connectivity index (χ3n) is 8.50. The molecule has 0 radical (unpaired) electrons. The third kappa shape index (κ3) is 8.77. The average Bonchev–Trinajstić information content (AvgIpc) is 3.01. The van der Waals surface area contributed by atoms with E-state index in [4.69, 9.17) is 9.47 Å². The van der Waals surface area contributed by atoms with Gasteiger partial charge in [-0.25, -0.2) is 0 Å². The van der Waals surface area contributed by atoms with Crippen molar-refractivity contribution in [2.45, 2.75) is 98.3 Å². The smallest absolute Gasteiger partial charge is 0.309 e. The minimum Gasteiger partial charge on any atom is -0.481 e. The lowest BCUT2D eigenvalue weighted by molar-refractivity contribution is -0.161. The number of aliphatic carboxylic acids is 2. The fourth-order valence-corrected chi connectivity index (χ4v) is 5.70. The molecule has 0 saturated heterocycles. The summed E-state index contributed by atoms with van der Waals surface area (Å²) in [6.45, 7) is 8.70. The minimum atomic E-state index is -0.933. The van der Waals surface area contributed by atoms with E-state index in [-0.39, 0.29) is 30.5 Å². The lowest BCUT2D eigenvalue weighted by atomic mass is 9.79. The maximum absolute atomic E-state index is 12.9. The number of carboxylic acid groups (broad SMARTS) is 2. The van der Waals surface area contributed by atoms with E-state index in [1.807, 2.05) is 13.8 Å². The highest BCUT2D eigenvalue weighted by Crippen LogP contribution is 2.40. The van der Waals surface area contributed by atoms with Gasteiger partial charge >= 0.3 is 23.9 Å². The second kappa shape index (κ2) is 14.0. The van der Waals surface area contributed by atoms with E-state index in [2.05, 4.69) is 13.8 Å². The molecule has 0 heterocycles. The molecule has 6 atom stereocenters. The van der Waals surface area contributed by atoms with Crippen LogP contribution in [0, 0.1) is 40.9 Å².